The minimum Gasteiger partial charge on any atom is -0.159 e. The lowest BCUT2D eigenvalue weighted by molar-refractivity contribution is 0.0404. The predicted octanol–water partition coefficient (Wildman–Crippen LogP) is 9.37. The number of unbranched alkanes of at least 4 members (excludes halogenated alkanes) is 5. The molecule has 0 aliphatic heterocycles. The van der Waals surface area contributed by atoms with Crippen LogP contribution >= 0.6 is 11.8 Å². The van der Waals surface area contributed by atoms with Crippen LogP contribution in [0.5, 0.6) is 0 Å². The Kier molecular flexibility index (Phi) is 11.4. The second kappa shape index (κ2) is 12.1. The van der Waals surface area contributed by atoms with Crippen molar-refractivity contribution in [1.82, 2.24) is 0 Å². The van der Waals surface area contributed by atoms with E-state index >= 15 is 0 Å². The zero-order valence-electron chi connectivity index (χ0n) is 20.2. The summed E-state index contributed by atoms with van der Waals surface area (Å²) in [6, 6.07) is 0. The van der Waals surface area contributed by atoms with Gasteiger partial charge in [0.15, 0.2) is 0 Å². The van der Waals surface area contributed by atoms with Gasteiger partial charge in [-0.1, -0.05) is 93.9 Å². The number of rotatable bonds is 16. The lowest BCUT2D eigenvalue weighted by Crippen LogP contribution is -2.38. The molecule has 27 heavy (non-hydrogen) atoms. The van der Waals surface area contributed by atoms with E-state index < -0.39 is 0 Å². The molecule has 0 aromatic heterocycles. The first-order valence-electron chi connectivity index (χ1n) is 12.3. The topological polar surface area (TPSA) is 0 Å². The molecule has 0 amide bonds. The van der Waals surface area contributed by atoms with Crippen molar-refractivity contribution in [2.75, 3.05) is 5.75 Å². The number of hydrogen-bond acceptors (Lipinski definition) is 1. The van der Waals surface area contributed by atoms with Gasteiger partial charge in [0.05, 0.1) is 0 Å². The van der Waals surface area contributed by atoms with E-state index in [0.717, 1.165) is 23.0 Å². The first-order chi connectivity index (χ1) is 12.7. The van der Waals surface area contributed by atoms with Gasteiger partial charge >= 0.3 is 0 Å². The molecular weight excluding hydrogens is 344 g/mol. The van der Waals surface area contributed by atoms with Gasteiger partial charge in [0.2, 0.25) is 0 Å². The molecule has 0 radical (unpaired) electrons. The summed E-state index contributed by atoms with van der Waals surface area (Å²) in [5.74, 6) is 4.01. The normalized spacial score (nSPS) is 26.8. The molecule has 1 aliphatic carbocycles. The Labute approximate surface area is 177 Å². The number of thioether (sulfide) groups is 1. The molecule has 0 saturated heterocycles. The third-order valence-electron chi connectivity index (χ3n) is 7.94. The maximum Gasteiger partial charge on any atom is 0.00215 e. The Morgan fingerprint density at radius 2 is 1.56 bits per heavy atom. The first kappa shape index (κ1) is 25.4. The monoisotopic (exact) mass is 396 g/mol. The molecule has 162 valence electrons. The van der Waals surface area contributed by atoms with Crippen molar-refractivity contribution in [3.8, 4) is 0 Å². The molecule has 1 rings (SSSR count). The highest BCUT2D eigenvalue weighted by Gasteiger charge is 2.60. The SMILES string of the molecule is CCCCCCCSC(C)CC(CC(C)C)C(C)(CCCC)C1(C)CC1C. The average Bonchev–Trinajstić information content (AvgIpc) is 3.23. The number of hydrogen-bond donors (Lipinski definition) is 0. The lowest BCUT2D eigenvalue weighted by Gasteiger charge is -2.46. The van der Waals surface area contributed by atoms with Crippen LogP contribution in [0.4, 0.5) is 0 Å². The molecule has 0 nitrogen and oxygen atoms in total. The van der Waals surface area contributed by atoms with Crippen molar-refractivity contribution in [2.24, 2.45) is 28.6 Å². The highest BCUT2D eigenvalue weighted by atomic mass is 32.2. The first-order valence-corrected chi connectivity index (χ1v) is 13.4. The van der Waals surface area contributed by atoms with Gasteiger partial charge in [-0.05, 0) is 66.4 Å². The Balaban J connectivity index is 2.68. The Morgan fingerprint density at radius 1 is 0.963 bits per heavy atom. The second-order valence-corrected chi connectivity index (χ2v) is 12.2. The molecule has 0 heterocycles. The zero-order chi connectivity index (χ0) is 20.5. The Bertz CT molecular complexity index is 390. The van der Waals surface area contributed by atoms with Gasteiger partial charge in [-0.2, -0.15) is 11.8 Å². The molecule has 1 fully saturated rings. The summed E-state index contributed by atoms with van der Waals surface area (Å²) in [5.41, 5.74) is 1.12. The van der Waals surface area contributed by atoms with Crippen molar-refractivity contribution >= 4 is 11.8 Å². The standard InChI is InChI=1S/C26H52S/c1-9-11-13-14-15-17-27-23(6)19-24(18-21(3)4)25(7,16-12-10-2)26(8)20-22(26)5/h21-24H,9-20H2,1-8H3. The van der Waals surface area contributed by atoms with E-state index in [-0.39, 0.29) is 0 Å². The van der Waals surface area contributed by atoms with Gasteiger partial charge in [0.1, 0.15) is 0 Å². The van der Waals surface area contributed by atoms with Crippen LogP contribution in [0.25, 0.3) is 0 Å². The van der Waals surface area contributed by atoms with Crippen LogP contribution in [0.2, 0.25) is 0 Å². The van der Waals surface area contributed by atoms with Crippen molar-refractivity contribution in [2.45, 2.75) is 131 Å². The summed E-state index contributed by atoms with van der Waals surface area (Å²) in [6.45, 7) is 19.9. The van der Waals surface area contributed by atoms with E-state index in [4.69, 9.17) is 0 Å². The molecule has 0 N–H and O–H groups in total. The summed E-state index contributed by atoms with van der Waals surface area (Å²) in [6.07, 6.45) is 15.6. The molecule has 1 heteroatoms. The van der Waals surface area contributed by atoms with E-state index in [0.29, 0.717) is 10.8 Å². The quantitative estimate of drug-likeness (QED) is 0.234. The largest absolute Gasteiger partial charge is 0.159 e. The summed E-state index contributed by atoms with van der Waals surface area (Å²) in [4.78, 5) is 0. The smallest absolute Gasteiger partial charge is 0.00215 e. The Morgan fingerprint density at radius 3 is 2.07 bits per heavy atom. The van der Waals surface area contributed by atoms with Crippen LogP contribution in [0, 0.1) is 28.6 Å². The van der Waals surface area contributed by atoms with Gasteiger partial charge < -0.3 is 0 Å². The molecule has 1 saturated carbocycles. The van der Waals surface area contributed by atoms with Gasteiger partial charge in [0.25, 0.3) is 0 Å². The molecule has 0 aromatic carbocycles. The van der Waals surface area contributed by atoms with Crippen molar-refractivity contribution < 1.29 is 0 Å². The van der Waals surface area contributed by atoms with Gasteiger partial charge in [-0.15, -0.1) is 0 Å². The molecule has 0 aromatic rings. The summed E-state index contributed by atoms with van der Waals surface area (Å²) < 4.78 is 0. The molecule has 0 spiro atoms. The maximum absolute atomic E-state index is 2.68. The Hall–Kier alpha value is 0.350. The van der Waals surface area contributed by atoms with E-state index in [2.05, 4.69) is 67.2 Å². The van der Waals surface area contributed by atoms with E-state index in [1.807, 2.05) is 0 Å². The third-order valence-corrected chi connectivity index (χ3v) is 9.22. The molecule has 1 aliphatic rings. The van der Waals surface area contributed by atoms with Gasteiger partial charge in [-0.25, -0.2) is 0 Å². The molecule has 5 atom stereocenters. The maximum atomic E-state index is 2.68. The lowest BCUT2D eigenvalue weighted by atomic mass is 9.59. The van der Waals surface area contributed by atoms with Crippen molar-refractivity contribution in [3.05, 3.63) is 0 Å². The van der Waals surface area contributed by atoms with E-state index in [1.54, 1.807) is 0 Å². The fourth-order valence-electron chi connectivity index (χ4n) is 5.52. The van der Waals surface area contributed by atoms with Crippen LogP contribution < -0.4 is 0 Å². The molecular formula is C26H52S. The van der Waals surface area contributed by atoms with E-state index in [1.165, 1.54) is 76.4 Å². The minimum atomic E-state index is 0.530. The molecule has 5 unspecified atom stereocenters. The highest BCUT2D eigenvalue weighted by Crippen LogP contribution is 2.68. The summed E-state index contributed by atoms with van der Waals surface area (Å²) >= 11 is 2.26. The highest BCUT2D eigenvalue weighted by molar-refractivity contribution is 7.99. The van der Waals surface area contributed by atoms with Gasteiger partial charge in [-0.3, -0.25) is 0 Å². The van der Waals surface area contributed by atoms with Crippen LogP contribution in [-0.4, -0.2) is 11.0 Å². The average molecular weight is 397 g/mol. The zero-order valence-corrected chi connectivity index (χ0v) is 21.0. The van der Waals surface area contributed by atoms with Crippen LogP contribution in [-0.2, 0) is 0 Å². The van der Waals surface area contributed by atoms with Crippen LogP contribution in [0.15, 0.2) is 0 Å². The predicted molar refractivity (Wildman–Crippen MR) is 128 cm³/mol. The summed E-state index contributed by atoms with van der Waals surface area (Å²) in [7, 11) is 0. The fraction of sp³-hybridized carbons (Fsp3) is 1.00. The van der Waals surface area contributed by atoms with Crippen LogP contribution in [0.3, 0.4) is 0 Å². The van der Waals surface area contributed by atoms with Crippen LogP contribution in [0.1, 0.15) is 126 Å². The fourth-order valence-corrected chi connectivity index (χ4v) is 6.66. The van der Waals surface area contributed by atoms with Crippen molar-refractivity contribution in [1.29, 1.82) is 0 Å². The van der Waals surface area contributed by atoms with Crippen molar-refractivity contribution in [3.63, 3.8) is 0 Å². The van der Waals surface area contributed by atoms with Gasteiger partial charge in [0, 0.05) is 5.25 Å². The molecule has 0 bridgehead atoms. The second-order valence-electron chi connectivity index (χ2n) is 10.7. The van der Waals surface area contributed by atoms with E-state index in [9.17, 15) is 0 Å². The third kappa shape index (κ3) is 7.60. The summed E-state index contributed by atoms with van der Waals surface area (Å²) in [5, 5.41) is 0.818. The minimum absolute atomic E-state index is 0.530.